The molecular weight excluding hydrogens is 415 g/mol. The van der Waals surface area contributed by atoms with Gasteiger partial charge in [-0.1, -0.05) is 28.9 Å². The number of nitrogens with one attached hydrogen (secondary N) is 1. The SMILES string of the molecule is COc1ccc(Cl)cc1NC(=O)N(C)CCc1noc(COc2ccccc2F)n1. The third-order valence-corrected chi connectivity index (χ3v) is 4.35. The summed E-state index contributed by atoms with van der Waals surface area (Å²) in [6, 6.07) is 10.6. The van der Waals surface area contributed by atoms with E-state index in [1.165, 1.54) is 24.1 Å². The second-order valence-corrected chi connectivity index (χ2v) is 6.71. The monoisotopic (exact) mass is 434 g/mol. The largest absolute Gasteiger partial charge is 0.495 e. The predicted molar refractivity (Wildman–Crippen MR) is 108 cm³/mol. The number of carbonyl (C=O) groups is 1. The Labute approximate surface area is 177 Å². The van der Waals surface area contributed by atoms with Gasteiger partial charge in [-0.2, -0.15) is 4.98 Å². The Kier molecular flexibility index (Phi) is 7.08. The second-order valence-electron chi connectivity index (χ2n) is 6.27. The van der Waals surface area contributed by atoms with Gasteiger partial charge in [-0.05, 0) is 30.3 Å². The summed E-state index contributed by atoms with van der Waals surface area (Å²) in [4.78, 5) is 18.1. The number of rotatable bonds is 8. The Bertz CT molecular complexity index is 1010. The fourth-order valence-corrected chi connectivity index (χ4v) is 2.68. The normalized spacial score (nSPS) is 10.5. The third kappa shape index (κ3) is 5.60. The van der Waals surface area contributed by atoms with Crippen molar-refractivity contribution in [2.24, 2.45) is 0 Å². The minimum atomic E-state index is -0.471. The van der Waals surface area contributed by atoms with Crippen LogP contribution >= 0.6 is 11.6 Å². The molecule has 1 N–H and O–H groups in total. The number of methoxy groups -OCH3 is 1. The minimum Gasteiger partial charge on any atom is -0.495 e. The van der Waals surface area contributed by atoms with Crippen LogP contribution in [-0.4, -0.2) is 41.8 Å². The molecule has 0 atom stereocenters. The van der Waals surface area contributed by atoms with Gasteiger partial charge in [0.05, 0.1) is 12.8 Å². The molecule has 1 heterocycles. The van der Waals surface area contributed by atoms with Gasteiger partial charge in [-0.15, -0.1) is 0 Å². The van der Waals surface area contributed by atoms with Crippen molar-refractivity contribution >= 4 is 23.3 Å². The highest BCUT2D eigenvalue weighted by Gasteiger charge is 2.14. The van der Waals surface area contributed by atoms with Gasteiger partial charge in [0.25, 0.3) is 5.89 Å². The van der Waals surface area contributed by atoms with Crippen molar-refractivity contribution < 1.29 is 23.2 Å². The molecule has 158 valence electrons. The van der Waals surface area contributed by atoms with E-state index in [4.69, 9.17) is 25.6 Å². The van der Waals surface area contributed by atoms with Crippen LogP contribution in [0.25, 0.3) is 0 Å². The van der Waals surface area contributed by atoms with Gasteiger partial charge in [-0.25, -0.2) is 9.18 Å². The third-order valence-electron chi connectivity index (χ3n) is 4.12. The first kappa shape index (κ1) is 21.4. The molecule has 2 aromatic carbocycles. The van der Waals surface area contributed by atoms with Gasteiger partial charge in [0, 0.05) is 25.0 Å². The number of hydrogen-bond acceptors (Lipinski definition) is 6. The fraction of sp³-hybridized carbons (Fsp3) is 0.250. The van der Waals surface area contributed by atoms with E-state index in [1.54, 1.807) is 37.4 Å². The number of carbonyl (C=O) groups excluding carboxylic acids is 1. The van der Waals surface area contributed by atoms with Crippen LogP contribution < -0.4 is 14.8 Å². The Hall–Kier alpha value is -3.33. The van der Waals surface area contributed by atoms with Gasteiger partial charge >= 0.3 is 6.03 Å². The minimum absolute atomic E-state index is 0.0567. The molecule has 2 amide bonds. The lowest BCUT2D eigenvalue weighted by Crippen LogP contribution is -2.33. The average Bonchev–Trinajstić information content (AvgIpc) is 3.19. The summed E-state index contributed by atoms with van der Waals surface area (Å²) in [7, 11) is 3.14. The first-order valence-corrected chi connectivity index (χ1v) is 9.38. The van der Waals surface area contributed by atoms with E-state index < -0.39 is 5.82 Å². The van der Waals surface area contributed by atoms with Gasteiger partial charge in [0.2, 0.25) is 0 Å². The maximum absolute atomic E-state index is 13.6. The number of benzene rings is 2. The van der Waals surface area contributed by atoms with Crippen molar-refractivity contribution in [1.82, 2.24) is 15.0 Å². The molecule has 8 nitrogen and oxygen atoms in total. The molecule has 3 rings (SSSR count). The van der Waals surface area contributed by atoms with E-state index in [2.05, 4.69) is 15.5 Å². The smallest absolute Gasteiger partial charge is 0.321 e. The number of aromatic nitrogens is 2. The second kappa shape index (κ2) is 9.93. The quantitative estimate of drug-likeness (QED) is 0.572. The number of nitrogens with zero attached hydrogens (tertiary/aromatic N) is 3. The van der Waals surface area contributed by atoms with Crippen molar-refractivity contribution in [2.75, 3.05) is 26.0 Å². The molecule has 1 aromatic heterocycles. The van der Waals surface area contributed by atoms with Crippen molar-refractivity contribution in [3.63, 3.8) is 0 Å². The summed E-state index contributed by atoms with van der Waals surface area (Å²) < 4.78 is 29.2. The Balaban J connectivity index is 1.50. The first-order chi connectivity index (χ1) is 14.5. The summed E-state index contributed by atoms with van der Waals surface area (Å²) in [6.45, 7) is 0.278. The zero-order valence-electron chi connectivity index (χ0n) is 16.4. The number of likely N-dealkylation sites (N-methyl/N-ethyl adjacent to an activating group) is 1. The highest BCUT2D eigenvalue weighted by atomic mass is 35.5. The highest BCUT2D eigenvalue weighted by molar-refractivity contribution is 6.31. The van der Waals surface area contributed by atoms with Crippen LogP contribution in [-0.2, 0) is 13.0 Å². The number of hydrogen-bond donors (Lipinski definition) is 1. The molecule has 0 aliphatic carbocycles. The van der Waals surface area contributed by atoms with Crippen LogP contribution in [0.15, 0.2) is 47.0 Å². The lowest BCUT2D eigenvalue weighted by atomic mass is 10.3. The van der Waals surface area contributed by atoms with Crippen LogP contribution in [0.3, 0.4) is 0 Å². The molecule has 10 heteroatoms. The molecule has 0 radical (unpaired) electrons. The zero-order valence-corrected chi connectivity index (χ0v) is 17.1. The van der Waals surface area contributed by atoms with Gasteiger partial charge < -0.3 is 24.2 Å². The Morgan fingerprint density at radius 1 is 1.27 bits per heavy atom. The van der Waals surface area contributed by atoms with E-state index in [0.29, 0.717) is 35.2 Å². The van der Waals surface area contributed by atoms with E-state index in [9.17, 15) is 9.18 Å². The maximum atomic E-state index is 13.6. The van der Waals surface area contributed by atoms with E-state index in [0.717, 1.165) is 0 Å². The molecule has 0 bridgehead atoms. The van der Waals surface area contributed by atoms with Crippen LogP contribution in [0.4, 0.5) is 14.9 Å². The first-order valence-electron chi connectivity index (χ1n) is 9.00. The summed E-state index contributed by atoms with van der Waals surface area (Å²) >= 11 is 5.98. The van der Waals surface area contributed by atoms with Crippen molar-refractivity contribution in [3.8, 4) is 11.5 Å². The van der Waals surface area contributed by atoms with Crippen LogP contribution in [0, 0.1) is 5.82 Å². The zero-order chi connectivity index (χ0) is 21.5. The summed E-state index contributed by atoms with van der Waals surface area (Å²) in [5.74, 6) is 0.747. The molecule has 0 saturated heterocycles. The molecule has 0 unspecified atom stereocenters. The van der Waals surface area contributed by atoms with Gasteiger partial charge in [0.1, 0.15) is 5.75 Å². The van der Waals surface area contributed by atoms with Gasteiger partial charge in [-0.3, -0.25) is 0 Å². The number of urea groups is 1. The molecule has 0 saturated carbocycles. The van der Waals surface area contributed by atoms with Crippen LogP contribution in [0.1, 0.15) is 11.7 Å². The molecular formula is C20H20ClFN4O4. The van der Waals surface area contributed by atoms with E-state index >= 15 is 0 Å². The lowest BCUT2D eigenvalue weighted by Gasteiger charge is -2.18. The Morgan fingerprint density at radius 3 is 2.83 bits per heavy atom. The maximum Gasteiger partial charge on any atom is 0.321 e. The fourth-order valence-electron chi connectivity index (χ4n) is 2.51. The summed E-state index contributed by atoms with van der Waals surface area (Å²) in [6.07, 6.45) is 0.361. The molecule has 0 aliphatic heterocycles. The standard InChI is InChI=1S/C20H20ClFN4O4/c1-26(20(27)23-15-11-13(21)7-8-17(15)28-2)10-9-18-24-19(30-25-18)12-29-16-6-4-3-5-14(16)22/h3-8,11H,9-10,12H2,1-2H3,(H,23,27). The number of anilines is 1. The predicted octanol–water partition coefficient (Wildman–Crippen LogP) is 4.16. The summed E-state index contributed by atoms with van der Waals surface area (Å²) in [5.41, 5.74) is 0.467. The highest BCUT2D eigenvalue weighted by Crippen LogP contribution is 2.27. The van der Waals surface area contributed by atoms with Crippen LogP contribution in [0.2, 0.25) is 5.02 Å². The number of halogens is 2. The number of para-hydroxylation sites is 1. The Morgan fingerprint density at radius 2 is 2.07 bits per heavy atom. The van der Waals surface area contributed by atoms with E-state index in [-0.39, 0.29) is 24.3 Å². The molecule has 30 heavy (non-hydrogen) atoms. The lowest BCUT2D eigenvalue weighted by molar-refractivity contribution is 0.222. The van der Waals surface area contributed by atoms with Gasteiger partial charge in [0.15, 0.2) is 24.0 Å². The number of ether oxygens (including phenoxy) is 2. The molecule has 0 spiro atoms. The number of amides is 2. The van der Waals surface area contributed by atoms with Crippen LogP contribution in [0.5, 0.6) is 11.5 Å². The molecule has 0 aliphatic rings. The average molecular weight is 435 g/mol. The topological polar surface area (TPSA) is 89.7 Å². The summed E-state index contributed by atoms with van der Waals surface area (Å²) in [5, 5.41) is 7.07. The van der Waals surface area contributed by atoms with E-state index in [1.807, 2.05) is 0 Å². The molecule has 3 aromatic rings. The van der Waals surface area contributed by atoms with Crippen molar-refractivity contribution in [1.29, 1.82) is 0 Å². The van der Waals surface area contributed by atoms with Crippen molar-refractivity contribution in [3.05, 3.63) is 65.0 Å². The van der Waals surface area contributed by atoms with Crippen molar-refractivity contribution in [2.45, 2.75) is 13.0 Å². The molecule has 0 fully saturated rings.